The molecule has 0 aliphatic rings. The van der Waals surface area contributed by atoms with Crippen LogP contribution in [-0.2, 0) is 6.54 Å². The highest BCUT2D eigenvalue weighted by molar-refractivity contribution is 9.10. The molecule has 0 radical (unpaired) electrons. The summed E-state index contributed by atoms with van der Waals surface area (Å²) < 4.78 is 8.99. The van der Waals surface area contributed by atoms with E-state index in [0.29, 0.717) is 13.0 Å². The second-order valence-corrected chi connectivity index (χ2v) is 6.05. The summed E-state index contributed by atoms with van der Waals surface area (Å²) in [6, 6.07) is 11.8. The summed E-state index contributed by atoms with van der Waals surface area (Å²) in [4.78, 5) is 8.74. The van der Waals surface area contributed by atoms with Gasteiger partial charge in [-0.1, -0.05) is 22.0 Å². The highest BCUT2D eigenvalue weighted by Crippen LogP contribution is 2.32. The molecule has 2 aromatic heterocycles. The predicted molar refractivity (Wildman–Crippen MR) is 90.9 cm³/mol. The van der Waals surface area contributed by atoms with Gasteiger partial charge in [0, 0.05) is 17.2 Å². The van der Waals surface area contributed by atoms with Crippen molar-refractivity contribution in [2.75, 3.05) is 0 Å². The smallest absolute Gasteiger partial charge is 0.147 e. The average molecular weight is 371 g/mol. The van der Waals surface area contributed by atoms with Crippen LogP contribution in [0.25, 0.3) is 11.0 Å². The lowest BCUT2D eigenvalue weighted by Crippen LogP contribution is -2.06. The molecule has 23 heavy (non-hydrogen) atoms. The Kier molecular flexibility index (Phi) is 4.58. The van der Waals surface area contributed by atoms with Gasteiger partial charge in [-0.05, 0) is 31.2 Å². The third-order valence-electron chi connectivity index (χ3n) is 3.52. The van der Waals surface area contributed by atoms with Crippen molar-refractivity contribution in [1.82, 2.24) is 14.5 Å². The number of nitriles is 1. The Balaban J connectivity index is 1.98. The van der Waals surface area contributed by atoms with Gasteiger partial charge in [-0.15, -0.1) is 0 Å². The predicted octanol–water partition coefficient (Wildman–Crippen LogP) is 4.25. The Bertz CT molecular complexity index is 854. The standard InChI is InChI=1S/C17H15BrN4O/c1-12(14-5-2-3-7-20-14)23-16-10-13(18)9-15-17(16)22(11-21-15)8-4-6-19/h2-3,5,7,9-12H,4,8H2,1H3/t12-/m1/s1. The Morgan fingerprint density at radius 2 is 2.22 bits per heavy atom. The molecule has 0 saturated heterocycles. The highest BCUT2D eigenvalue weighted by atomic mass is 79.9. The van der Waals surface area contributed by atoms with Gasteiger partial charge in [0.25, 0.3) is 0 Å². The van der Waals surface area contributed by atoms with E-state index in [4.69, 9.17) is 10.00 Å². The van der Waals surface area contributed by atoms with E-state index in [1.54, 1.807) is 12.5 Å². The van der Waals surface area contributed by atoms with Crippen LogP contribution in [0.15, 0.2) is 47.3 Å². The number of fused-ring (bicyclic) bond motifs is 1. The summed E-state index contributed by atoms with van der Waals surface area (Å²) in [5.74, 6) is 0.725. The first kappa shape index (κ1) is 15.5. The fourth-order valence-corrected chi connectivity index (χ4v) is 2.86. The minimum atomic E-state index is -0.187. The molecule has 0 unspecified atom stereocenters. The molecular formula is C17H15BrN4O. The summed E-state index contributed by atoms with van der Waals surface area (Å²) in [6.07, 6.45) is 3.74. The fourth-order valence-electron chi connectivity index (χ4n) is 2.43. The van der Waals surface area contributed by atoms with Crippen molar-refractivity contribution in [2.45, 2.75) is 26.0 Å². The topological polar surface area (TPSA) is 63.7 Å². The van der Waals surface area contributed by atoms with E-state index in [1.165, 1.54) is 0 Å². The molecular weight excluding hydrogens is 356 g/mol. The third-order valence-corrected chi connectivity index (χ3v) is 3.97. The lowest BCUT2D eigenvalue weighted by molar-refractivity contribution is 0.224. The zero-order chi connectivity index (χ0) is 16.2. The van der Waals surface area contributed by atoms with E-state index < -0.39 is 0 Å². The number of ether oxygens (including phenoxy) is 1. The van der Waals surface area contributed by atoms with Crippen LogP contribution in [-0.4, -0.2) is 14.5 Å². The number of rotatable bonds is 5. The first-order chi connectivity index (χ1) is 11.2. The van der Waals surface area contributed by atoms with Gasteiger partial charge in [-0.25, -0.2) is 4.98 Å². The van der Waals surface area contributed by atoms with E-state index >= 15 is 0 Å². The molecule has 0 aliphatic carbocycles. The van der Waals surface area contributed by atoms with Crippen molar-refractivity contribution >= 4 is 27.0 Å². The van der Waals surface area contributed by atoms with Crippen LogP contribution in [0.2, 0.25) is 0 Å². The lowest BCUT2D eigenvalue weighted by Gasteiger charge is -2.16. The van der Waals surface area contributed by atoms with Gasteiger partial charge >= 0.3 is 0 Å². The molecule has 0 spiro atoms. The van der Waals surface area contributed by atoms with Gasteiger partial charge in [0.15, 0.2) is 0 Å². The van der Waals surface area contributed by atoms with E-state index in [0.717, 1.165) is 26.9 Å². The Labute approximate surface area is 142 Å². The van der Waals surface area contributed by atoms with E-state index in [9.17, 15) is 0 Å². The number of aryl methyl sites for hydroxylation is 1. The molecule has 1 aromatic carbocycles. The number of benzene rings is 1. The minimum absolute atomic E-state index is 0.187. The second-order valence-electron chi connectivity index (χ2n) is 5.13. The molecule has 2 heterocycles. The first-order valence-corrected chi connectivity index (χ1v) is 8.07. The monoisotopic (exact) mass is 370 g/mol. The van der Waals surface area contributed by atoms with Crippen molar-refractivity contribution in [1.29, 1.82) is 5.26 Å². The molecule has 0 bridgehead atoms. The van der Waals surface area contributed by atoms with Crippen LogP contribution in [0.4, 0.5) is 0 Å². The summed E-state index contributed by atoms with van der Waals surface area (Å²) in [5.41, 5.74) is 2.59. The molecule has 0 N–H and O–H groups in total. The molecule has 5 nitrogen and oxygen atoms in total. The number of halogens is 1. The summed E-state index contributed by atoms with van der Waals surface area (Å²) in [5, 5.41) is 8.81. The normalized spacial score (nSPS) is 12.0. The first-order valence-electron chi connectivity index (χ1n) is 7.28. The Morgan fingerprint density at radius 3 is 2.96 bits per heavy atom. The number of hydrogen-bond acceptors (Lipinski definition) is 4. The third kappa shape index (κ3) is 3.35. The van der Waals surface area contributed by atoms with Gasteiger partial charge in [0.05, 0.1) is 30.0 Å². The summed E-state index contributed by atoms with van der Waals surface area (Å²) >= 11 is 3.49. The van der Waals surface area contributed by atoms with Gasteiger partial charge < -0.3 is 9.30 Å². The molecule has 0 amide bonds. The fraction of sp³-hybridized carbons (Fsp3) is 0.235. The SMILES string of the molecule is C[C@@H](Oc1cc(Br)cc2ncn(CCC#N)c12)c1ccccn1. The molecule has 6 heteroatoms. The minimum Gasteiger partial charge on any atom is -0.482 e. The van der Waals surface area contributed by atoms with Crippen molar-refractivity contribution < 1.29 is 4.74 Å². The van der Waals surface area contributed by atoms with Crippen LogP contribution in [0.3, 0.4) is 0 Å². The summed E-state index contributed by atoms with van der Waals surface area (Å²) in [6.45, 7) is 2.55. The quantitative estimate of drug-likeness (QED) is 0.673. The van der Waals surface area contributed by atoms with Crippen LogP contribution < -0.4 is 4.74 Å². The number of aromatic nitrogens is 3. The molecule has 116 valence electrons. The highest BCUT2D eigenvalue weighted by Gasteiger charge is 2.15. The van der Waals surface area contributed by atoms with Gasteiger partial charge in [-0.3, -0.25) is 4.98 Å². The maximum Gasteiger partial charge on any atom is 0.147 e. The van der Waals surface area contributed by atoms with Crippen molar-refractivity contribution in [2.24, 2.45) is 0 Å². The molecule has 0 saturated carbocycles. The van der Waals surface area contributed by atoms with E-state index in [1.807, 2.05) is 41.8 Å². The van der Waals surface area contributed by atoms with E-state index in [-0.39, 0.29) is 6.10 Å². The zero-order valence-corrected chi connectivity index (χ0v) is 14.2. The van der Waals surface area contributed by atoms with Crippen LogP contribution in [0.1, 0.15) is 25.1 Å². The maximum absolute atomic E-state index is 8.81. The zero-order valence-electron chi connectivity index (χ0n) is 12.6. The summed E-state index contributed by atoms with van der Waals surface area (Å²) in [7, 11) is 0. The second kappa shape index (κ2) is 6.80. The van der Waals surface area contributed by atoms with Crippen molar-refractivity contribution in [3.8, 4) is 11.8 Å². The van der Waals surface area contributed by atoms with Crippen LogP contribution in [0.5, 0.6) is 5.75 Å². The maximum atomic E-state index is 8.81. The van der Waals surface area contributed by atoms with Crippen LogP contribution >= 0.6 is 15.9 Å². The van der Waals surface area contributed by atoms with Gasteiger partial charge in [0.1, 0.15) is 17.4 Å². The van der Waals surface area contributed by atoms with Crippen LogP contribution in [0, 0.1) is 11.3 Å². The molecule has 0 fully saturated rings. The van der Waals surface area contributed by atoms with Crippen molar-refractivity contribution in [3.63, 3.8) is 0 Å². The van der Waals surface area contributed by atoms with Crippen molar-refractivity contribution in [3.05, 3.63) is 53.0 Å². The number of imidazole rings is 1. The molecule has 1 atom stereocenters. The van der Waals surface area contributed by atoms with Gasteiger partial charge in [0.2, 0.25) is 0 Å². The number of pyridine rings is 1. The lowest BCUT2D eigenvalue weighted by atomic mass is 10.2. The molecule has 0 aliphatic heterocycles. The molecule has 3 aromatic rings. The molecule has 3 rings (SSSR count). The number of hydrogen-bond donors (Lipinski definition) is 0. The Hall–Kier alpha value is -2.39. The largest absolute Gasteiger partial charge is 0.482 e. The average Bonchev–Trinajstić information content (AvgIpc) is 2.96. The Morgan fingerprint density at radius 1 is 1.35 bits per heavy atom. The number of nitrogens with zero attached hydrogens (tertiary/aromatic N) is 4. The van der Waals surface area contributed by atoms with E-state index in [2.05, 4.69) is 32.0 Å². The van der Waals surface area contributed by atoms with Gasteiger partial charge in [-0.2, -0.15) is 5.26 Å².